The van der Waals surface area contributed by atoms with Crippen molar-refractivity contribution in [3.05, 3.63) is 24.2 Å². The molecule has 1 aromatic rings. The molecule has 0 bridgehead atoms. The zero-order valence-electron chi connectivity index (χ0n) is 8.62. The standard InChI is InChI=1S/C11H16O3/c1-3-6-11(2,10(12)13)8-9-5-4-7-14-9/h4-5,7H,3,6,8H2,1-2H3,(H,12,13). The largest absolute Gasteiger partial charge is 0.481 e. The molecule has 0 fully saturated rings. The second kappa shape index (κ2) is 4.31. The monoisotopic (exact) mass is 196 g/mol. The molecule has 0 spiro atoms. The van der Waals surface area contributed by atoms with E-state index in [0.717, 1.165) is 12.2 Å². The van der Waals surface area contributed by atoms with Gasteiger partial charge in [-0.3, -0.25) is 4.79 Å². The first kappa shape index (κ1) is 10.8. The third kappa shape index (κ3) is 2.37. The van der Waals surface area contributed by atoms with Gasteiger partial charge in [-0.1, -0.05) is 13.3 Å². The van der Waals surface area contributed by atoms with Crippen LogP contribution in [-0.4, -0.2) is 11.1 Å². The maximum Gasteiger partial charge on any atom is 0.309 e. The van der Waals surface area contributed by atoms with Crippen LogP contribution in [0.1, 0.15) is 32.4 Å². The highest BCUT2D eigenvalue weighted by molar-refractivity contribution is 5.74. The lowest BCUT2D eigenvalue weighted by atomic mass is 9.81. The van der Waals surface area contributed by atoms with E-state index in [0.29, 0.717) is 12.8 Å². The predicted molar refractivity (Wildman–Crippen MR) is 53.1 cm³/mol. The van der Waals surface area contributed by atoms with E-state index in [1.165, 1.54) is 0 Å². The highest BCUT2D eigenvalue weighted by atomic mass is 16.4. The van der Waals surface area contributed by atoms with E-state index in [-0.39, 0.29) is 0 Å². The van der Waals surface area contributed by atoms with Crippen LogP contribution >= 0.6 is 0 Å². The van der Waals surface area contributed by atoms with Crippen molar-refractivity contribution in [1.82, 2.24) is 0 Å². The number of furan rings is 1. The number of aliphatic carboxylic acids is 1. The highest BCUT2D eigenvalue weighted by Crippen LogP contribution is 2.28. The van der Waals surface area contributed by atoms with Gasteiger partial charge in [0.05, 0.1) is 11.7 Å². The fraction of sp³-hybridized carbons (Fsp3) is 0.545. The summed E-state index contributed by atoms with van der Waals surface area (Å²) in [5, 5.41) is 9.12. The van der Waals surface area contributed by atoms with Gasteiger partial charge in [-0.2, -0.15) is 0 Å². The van der Waals surface area contributed by atoms with E-state index in [4.69, 9.17) is 9.52 Å². The molecule has 1 atom stereocenters. The average molecular weight is 196 g/mol. The third-order valence-corrected chi connectivity index (χ3v) is 2.46. The lowest BCUT2D eigenvalue weighted by Crippen LogP contribution is -2.29. The molecule has 0 radical (unpaired) electrons. The Morgan fingerprint density at radius 3 is 2.79 bits per heavy atom. The van der Waals surface area contributed by atoms with Gasteiger partial charge in [0.2, 0.25) is 0 Å². The van der Waals surface area contributed by atoms with E-state index < -0.39 is 11.4 Å². The van der Waals surface area contributed by atoms with Crippen LogP contribution in [0.5, 0.6) is 0 Å². The number of carboxylic acids is 1. The van der Waals surface area contributed by atoms with Crippen LogP contribution in [0.2, 0.25) is 0 Å². The highest BCUT2D eigenvalue weighted by Gasteiger charge is 2.33. The minimum absolute atomic E-state index is 0.461. The summed E-state index contributed by atoms with van der Waals surface area (Å²) >= 11 is 0. The van der Waals surface area contributed by atoms with Gasteiger partial charge in [-0.15, -0.1) is 0 Å². The molecule has 0 amide bonds. The van der Waals surface area contributed by atoms with Crippen molar-refractivity contribution in [2.45, 2.75) is 33.1 Å². The molecular formula is C11H16O3. The van der Waals surface area contributed by atoms with E-state index in [1.54, 1.807) is 19.3 Å². The molecular weight excluding hydrogens is 180 g/mol. The Morgan fingerprint density at radius 2 is 2.36 bits per heavy atom. The van der Waals surface area contributed by atoms with Crippen molar-refractivity contribution in [1.29, 1.82) is 0 Å². The van der Waals surface area contributed by atoms with E-state index >= 15 is 0 Å². The Morgan fingerprint density at radius 1 is 1.64 bits per heavy atom. The van der Waals surface area contributed by atoms with Crippen molar-refractivity contribution < 1.29 is 14.3 Å². The average Bonchev–Trinajstić information content (AvgIpc) is 2.56. The Labute approximate surface area is 83.7 Å². The first-order valence-electron chi connectivity index (χ1n) is 4.84. The van der Waals surface area contributed by atoms with Crippen LogP contribution < -0.4 is 0 Å². The van der Waals surface area contributed by atoms with Gasteiger partial charge in [0.1, 0.15) is 5.76 Å². The van der Waals surface area contributed by atoms with Crippen LogP contribution in [-0.2, 0) is 11.2 Å². The molecule has 1 N–H and O–H groups in total. The summed E-state index contributed by atoms with van der Waals surface area (Å²) in [4.78, 5) is 11.1. The Balaban J connectivity index is 2.74. The number of hydrogen-bond acceptors (Lipinski definition) is 2. The Hall–Kier alpha value is -1.25. The number of rotatable bonds is 5. The molecule has 0 aromatic carbocycles. The SMILES string of the molecule is CCCC(C)(Cc1ccco1)C(=O)O. The molecule has 3 nitrogen and oxygen atoms in total. The smallest absolute Gasteiger partial charge is 0.309 e. The van der Waals surface area contributed by atoms with Gasteiger partial charge in [0.15, 0.2) is 0 Å². The molecule has 1 unspecified atom stereocenters. The first-order chi connectivity index (χ1) is 6.58. The molecule has 1 aromatic heterocycles. The number of hydrogen-bond donors (Lipinski definition) is 1. The Bertz CT molecular complexity index is 289. The molecule has 0 aliphatic carbocycles. The number of carboxylic acid groups (broad SMARTS) is 1. The zero-order valence-corrected chi connectivity index (χ0v) is 8.62. The third-order valence-electron chi connectivity index (χ3n) is 2.46. The zero-order chi connectivity index (χ0) is 10.6. The summed E-state index contributed by atoms with van der Waals surface area (Å²) in [6, 6.07) is 3.60. The number of carbonyl (C=O) groups is 1. The van der Waals surface area contributed by atoms with Crippen LogP contribution in [0.25, 0.3) is 0 Å². The van der Waals surface area contributed by atoms with Gasteiger partial charge in [-0.25, -0.2) is 0 Å². The molecule has 14 heavy (non-hydrogen) atoms. The summed E-state index contributed by atoms with van der Waals surface area (Å²) < 4.78 is 5.16. The summed E-state index contributed by atoms with van der Waals surface area (Å²) in [5.74, 6) is -0.0147. The van der Waals surface area contributed by atoms with Crippen molar-refractivity contribution in [3.63, 3.8) is 0 Å². The molecule has 78 valence electrons. The lowest BCUT2D eigenvalue weighted by molar-refractivity contribution is -0.148. The molecule has 0 aliphatic rings. The maximum atomic E-state index is 11.1. The maximum absolute atomic E-state index is 11.1. The lowest BCUT2D eigenvalue weighted by Gasteiger charge is -2.22. The van der Waals surface area contributed by atoms with Crippen molar-refractivity contribution in [2.75, 3.05) is 0 Å². The summed E-state index contributed by atoms with van der Waals surface area (Å²) in [6.07, 6.45) is 3.57. The van der Waals surface area contributed by atoms with Gasteiger partial charge in [0, 0.05) is 6.42 Å². The van der Waals surface area contributed by atoms with E-state index in [1.807, 2.05) is 13.0 Å². The van der Waals surface area contributed by atoms with E-state index in [9.17, 15) is 4.79 Å². The fourth-order valence-electron chi connectivity index (χ4n) is 1.62. The van der Waals surface area contributed by atoms with Crippen LogP contribution in [0.4, 0.5) is 0 Å². The summed E-state index contributed by atoms with van der Waals surface area (Å²) in [7, 11) is 0. The Kier molecular flexibility index (Phi) is 3.33. The second-order valence-electron chi connectivity index (χ2n) is 3.87. The molecule has 0 aliphatic heterocycles. The minimum Gasteiger partial charge on any atom is -0.481 e. The summed E-state index contributed by atoms with van der Waals surface area (Å²) in [5.41, 5.74) is -0.702. The molecule has 3 heteroatoms. The molecule has 0 saturated heterocycles. The van der Waals surface area contributed by atoms with Crippen LogP contribution in [0, 0.1) is 5.41 Å². The van der Waals surface area contributed by atoms with Gasteiger partial charge in [0.25, 0.3) is 0 Å². The predicted octanol–water partition coefficient (Wildman–Crippen LogP) is 2.71. The van der Waals surface area contributed by atoms with Crippen molar-refractivity contribution >= 4 is 5.97 Å². The van der Waals surface area contributed by atoms with Gasteiger partial charge < -0.3 is 9.52 Å². The van der Waals surface area contributed by atoms with Crippen molar-refractivity contribution in [3.8, 4) is 0 Å². The van der Waals surface area contributed by atoms with Gasteiger partial charge in [-0.05, 0) is 25.5 Å². The normalized spacial score (nSPS) is 15.0. The minimum atomic E-state index is -0.754. The summed E-state index contributed by atoms with van der Waals surface area (Å²) in [6.45, 7) is 3.75. The quantitative estimate of drug-likeness (QED) is 0.787. The van der Waals surface area contributed by atoms with Crippen molar-refractivity contribution in [2.24, 2.45) is 5.41 Å². The fourth-order valence-corrected chi connectivity index (χ4v) is 1.62. The molecule has 1 rings (SSSR count). The first-order valence-corrected chi connectivity index (χ1v) is 4.84. The van der Waals surface area contributed by atoms with E-state index in [2.05, 4.69) is 0 Å². The second-order valence-corrected chi connectivity index (χ2v) is 3.87. The molecule has 0 saturated carbocycles. The topological polar surface area (TPSA) is 50.4 Å². The molecule has 1 heterocycles. The van der Waals surface area contributed by atoms with Gasteiger partial charge >= 0.3 is 5.97 Å². The van der Waals surface area contributed by atoms with Crippen LogP contribution in [0.3, 0.4) is 0 Å². The van der Waals surface area contributed by atoms with Crippen LogP contribution in [0.15, 0.2) is 22.8 Å².